The number of fused-ring (bicyclic) bond motifs is 1. The van der Waals surface area contributed by atoms with Crippen LogP contribution in [0.1, 0.15) is 37.5 Å². The lowest BCUT2D eigenvalue weighted by Gasteiger charge is -2.13. The average molecular weight is 338 g/mol. The van der Waals surface area contributed by atoms with Crippen molar-refractivity contribution in [2.24, 2.45) is 11.5 Å². The molecular formula is C18H18N4O3. The number of carbonyl (C=O) groups is 2. The Bertz CT molecular complexity index is 1080. The van der Waals surface area contributed by atoms with Gasteiger partial charge < -0.3 is 21.0 Å². The molecule has 0 saturated carbocycles. The molecule has 0 aliphatic rings. The summed E-state index contributed by atoms with van der Waals surface area (Å²) >= 11 is 0. The number of hydrogen-bond donors (Lipinski definition) is 3. The number of benzene rings is 1. The summed E-state index contributed by atoms with van der Waals surface area (Å²) in [5, 5.41) is 0.966. The van der Waals surface area contributed by atoms with Crippen LogP contribution in [0.2, 0.25) is 0 Å². The molecule has 2 amide bonds. The Kier molecular flexibility index (Phi) is 3.92. The van der Waals surface area contributed by atoms with Crippen molar-refractivity contribution < 1.29 is 9.59 Å². The number of nitrogens with one attached hydrogen (secondary N) is 1. The van der Waals surface area contributed by atoms with Crippen LogP contribution in [0.5, 0.6) is 0 Å². The lowest BCUT2D eigenvalue weighted by Crippen LogP contribution is -2.33. The van der Waals surface area contributed by atoms with Crippen LogP contribution in [0.15, 0.2) is 35.3 Å². The summed E-state index contributed by atoms with van der Waals surface area (Å²) in [7, 11) is 0. The second-order valence-corrected chi connectivity index (χ2v) is 6.04. The third-order valence-corrected chi connectivity index (χ3v) is 4.28. The third-order valence-electron chi connectivity index (χ3n) is 4.28. The van der Waals surface area contributed by atoms with Gasteiger partial charge in [-0.15, -0.1) is 0 Å². The number of nitrogens with two attached hydrogens (primary N) is 2. The molecule has 2 heterocycles. The molecule has 0 spiro atoms. The number of hydrogen-bond acceptors (Lipinski definition) is 3. The number of primary amides is 2. The zero-order chi connectivity index (χ0) is 18.3. The third kappa shape index (κ3) is 2.80. The zero-order valence-electron chi connectivity index (χ0n) is 13.9. The van der Waals surface area contributed by atoms with Crippen LogP contribution < -0.4 is 17.0 Å². The largest absolute Gasteiger partial charge is 0.366 e. The molecule has 3 aromatic rings. The van der Waals surface area contributed by atoms with Crippen LogP contribution >= 0.6 is 0 Å². The molecule has 0 fully saturated rings. The first-order chi connectivity index (χ1) is 11.8. The minimum Gasteiger partial charge on any atom is -0.366 e. The fourth-order valence-corrected chi connectivity index (χ4v) is 3.08. The van der Waals surface area contributed by atoms with Crippen molar-refractivity contribution in [3.05, 3.63) is 68.8 Å². The number of carbonyl (C=O) groups excluding carboxylic acids is 2. The topological polar surface area (TPSA) is 124 Å². The first-order valence-electron chi connectivity index (χ1n) is 7.70. The summed E-state index contributed by atoms with van der Waals surface area (Å²) in [5.41, 5.74) is 13.1. The summed E-state index contributed by atoms with van der Waals surface area (Å²) in [5.74, 6) is -1.60. The van der Waals surface area contributed by atoms with Gasteiger partial charge in [0.25, 0.3) is 11.5 Å². The Morgan fingerprint density at radius 1 is 1.16 bits per heavy atom. The Morgan fingerprint density at radius 2 is 1.88 bits per heavy atom. The van der Waals surface area contributed by atoms with Crippen LogP contribution in [0.3, 0.4) is 0 Å². The number of aromatic nitrogens is 2. The number of H-pyrrole nitrogens is 1. The van der Waals surface area contributed by atoms with Gasteiger partial charge in [0.1, 0.15) is 5.56 Å². The molecule has 0 aliphatic heterocycles. The predicted molar refractivity (Wildman–Crippen MR) is 94.6 cm³/mol. The monoisotopic (exact) mass is 338 g/mol. The van der Waals surface area contributed by atoms with Crippen molar-refractivity contribution in [3.8, 4) is 0 Å². The highest BCUT2D eigenvalue weighted by molar-refractivity contribution is 6.00. The summed E-state index contributed by atoms with van der Waals surface area (Å²) in [4.78, 5) is 39.3. The fraction of sp³-hybridized carbons (Fsp3) is 0.167. The van der Waals surface area contributed by atoms with E-state index in [9.17, 15) is 14.4 Å². The molecule has 0 atom stereocenters. The van der Waals surface area contributed by atoms with Crippen molar-refractivity contribution >= 4 is 22.7 Å². The maximum Gasteiger partial charge on any atom is 0.264 e. The van der Waals surface area contributed by atoms with Crippen LogP contribution in [-0.4, -0.2) is 21.4 Å². The van der Waals surface area contributed by atoms with E-state index in [-0.39, 0.29) is 23.2 Å². The highest BCUT2D eigenvalue weighted by Gasteiger charge is 2.20. The molecule has 3 rings (SSSR count). The number of aromatic amines is 1. The summed E-state index contributed by atoms with van der Waals surface area (Å²) in [6.07, 6.45) is 1.38. The van der Waals surface area contributed by atoms with Gasteiger partial charge in [-0.1, -0.05) is 12.1 Å². The lowest BCUT2D eigenvalue weighted by molar-refractivity contribution is 0.0997. The lowest BCUT2D eigenvalue weighted by atomic mass is 10.0. The Hall–Kier alpha value is -3.35. The molecule has 25 heavy (non-hydrogen) atoms. The van der Waals surface area contributed by atoms with Crippen molar-refractivity contribution in [1.29, 1.82) is 0 Å². The van der Waals surface area contributed by atoms with Crippen LogP contribution in [-0.2, 0) is 6.54 Å². The smallest absolute Gasteiger partial charge is 0.264 e. The number of amides is 2. The van der Waals surface area contributed by atoms with Crippen molar-refractivity contribution in [1.82, 2.24) is 9.55 Å². The minimum absolute atomic E-state index is 0.103. The molecule has 0 saturated heterocycles. The Morgan fingerprint density at radius 3 is 2.52 bits per heavy atom. The normalized spacial score (nSPS) is 11.0. The van der Waals surface area contributed by atoms with E-state index in [2.05, 4.69) is 4.98 Å². The van der Waals surface area contributed by atoms with E-state index in [1.807, 2.05) is 31.2 Å². The maximum absolute atomic E-state index is 12.7. The van der Waals surface area contributed by atoms with Crippen LogP contribution in [0, 0.1) is 13.8 Å². The van der Waals surface area contributed by atoms with Gasteiger partial charge in [0.15, 0.2) is 0 Å². The SMILES string of the molecule is Cc1cc2c(Cn3cc(C(N)=O)c(C)c(C(N)=O)c3=O)cccc2[nH]1. The fourth-order valence-electron chi connectivity index (χ4n) is 3.08. The summed E-state index contributed by atoms with van der Waals surface area (Å²) < 4.78 is 1.30. The minimum atomic E-state index is -0.880. The van der Waals surface area contributed by atoms with Gasteiger partial charge in [-0.3, -0.25) is 14.4 Å². The van der Waals surface area contributed by atoms with Crippen LogP contribution in [0.4, 0.5) is 0 Å². The van der Waals surface area contributed by atoms with E-state index in [1.165, 1.54) is 17.7 Å². The molecule has 0 bridgehead atoms. The molecule has 2 aromatic heterocycles. The quantitative estimate of drug-likeness (QED) is 0.662. The molecule has 0 radical (unpaired) electrons. The number of nitrogens with zero attached hydrogens (tertiary/aromatic N) is 1. The van der Waals surface area contributed by atoms with E-state index in [1.54, 1.807) is 0 Å². The second-order valence-electron chi connectivity index (χ2n) is 6.04. The molecule has 7 nitrogen and oxygen atoms in total. The zero-order valence-corrected chi connectivity index (χ0v) is 13.9. The van der Waals surface area contributed by atoms with Gasteiger partial charge in [-0.25, -0.2) is 0 Å². The van der Waals surface area contributed by atoms with E-state index in [4.69, 9.17) is 11.5 Å². The molecule has 128 valence electrons. The first kappa shape index (κ1) is 16.5. The number of rotatable bonds is 4. The average Bonchev–Trinajstić information content (AvgIpc) is 2.90. The number of aryl methyl sites for hydroxylation is 1. The second kappa shape index (κ2) is 5.94. The standard InChI is InChI=1S/C18H18N4O3/c1-9-6-12-11(4-3-5-14(12)21-9)7-22-8-13(16(19)23)10(2)15(17(20)24)18(22)25/h3-6,8,21H,7H2,1-2H3,(H2,19,23)(H2,20,24). The van der Waals surface area contributed by atoms with Gasteiger partial charge in [0.05, 0.1) is 12.1 Å². The van der Waals surface area contributed by atoms with Gasteiger partial charge in [0.2, 0.25) is 5.91 Å². The number of pyridine rings is 1. The van der Waals surface area contributed by atoms with E-state index >= 15 is 0 Å². The first-order valence-corrected chi connectivity index (χ1v) is 7.70. The van der Waals surface area contributed by atoms with E-state index < -0.39 is 17.4 Å². The molecule has 0 aliphatic carbocycles. The van der Waals surface area contributed by atoms with Gasteiger partial charge in [0, 0.05) is 22.8 Å². The molecular weight excluding hydrogens is 320 g/mol. The summed E-state index contributed by atoms with van der Waals surface area (Å²) in [6.45, 7) is 3.62. The van der Waals surface area contributed by atoms with Crippen molar-refractivity contribution in [2.45, 2.75) is 20.4 Å². The Labute approximate surface area is 143 Å². The van der Waals surface area contributed by atoms with E-state index in [0.717, 1.165) is 22.2 Å². The summed E-state index contributed by atoms with van der Waals surface area (Å²) in [6, 6.07) is 7.67. The van der Waals surface area contributed by atoms with Gasteiger partial charge in [-0.2, -0.15) is 0 Å². The highest BCUT2D eigenvalue weighted by atomic mass is 16.2. The molecule has 7 heteroatoms. The molecule has 1 aromatic carbocycles. The predicted octanol–water partition coefficient (Wildman–Crippen LogP) is 1.19. The van der Waals surface area contributed by atoms with Crippen molar-refractivity contribution in [3.63, 3.8) is 0 Å². The van der Waals surface area contributed by atoms with Crippen LogP contribution in [0.25, 0.3) is 10.9 Å². The molecule has 0 unspecified atom stereocenters. The molecule has 5 N–H and O–H groups in total. The van der Waals surface area contributed by atoms with Gasteiger partial charge in [-0.05, 0) is 37.1 Å². The van der Waals surface area contributed by atoms with Crippen molar-refractivity contribution in [2.75, 3.05) is 0 Å². The highest BCUT2D eigenvalue weighted by Crippen LogP contribution is 2.21. The van der Waals surface area contributed by atoms with Gasteiger partial charge >= 0.3 is 0 Å². The maximum atomic E-state index is 12.7. The Balaban J connectivity index is 2.21. The van der Waals surface area contributed by atoms with E-state index in [0.29, 0.717) is 0 Å².